The van der Waals surface area contributed by atoms with Crippen LogP contribution in [0, 0.1) is 11.3 Å². The number of nitrogens with one attached hydrogen (secondary N) is 1. The number of pyridine rings is 2. The summed E-state index contributed by atoms with van der Waals surface area (Å²) in [5, 5.41) is 12.4. The van der Waals surface area contributed by atoms with Gasteiger partial charge in [0.15, 0.2) is 0 Å². The first-order valence-electron chi connectivity index (χ1n) is 9.50. The molecule has 0 saturated carbocycles. The zero-order valence-electron chi connectivity index (χ0n) is 16.5. The van der Waals surface area contributed by atoms with Crippen molar-refractivity contribution < 1.29 is 18.4 Å². The lowest BCUT2D eigenvalue weighted by Gasteiger charge is -2.19. The molecule has 1 aliphatic rings. The molecule has 10 heteroatoms. The van der Waals surface area contributed by atoms with Gasteiger partial charge in [0.25, 0.3) is 11.8 Å². The Kier molecular flexibility index (Phi) is 5.10. The number of aromatic nitrogens is 3. The number of hydrogen-bond donors (Lipinski definition) is 1. The summed E-state index contributed by atoms with van der Waals surface area (Å²) in [7, 11) is 1.86. The minimum Gasteiger partial charge on any atom is -0.343 e. The van der Waals surface area contributed by atoms with Gasteiger partial charge < -0.3 is 14.8 Å². The minimum atomic E-state index is -3.11. The second-order valence-electron chi connectivity index (χ2n) is 7.35. The Hall–Kier alpha value is -3.87. The van der Waals surface area contributed by atoms with Crippen molar-refractivity contribution >= 4 is 22.8 Å². The fourth-order valence-corrected chi connectivity index (χ4v) is 3.75. The summed E-state index contributed by atoms with van der Waals surface area (Å²) in [6.45, 7) is -1.32. The maximum atomic E-state index is 13.6. The number of aryl methyl sites for hydroxylation is 1. The molecule has 0 aliphatic carbocycles. The Morgan fingerprint density at radius 3 is 2.87 bits per heavy atom. The molecule has 8 nitrogen and oxygen atoms in total. The van der Waals surface area contributed by atoms with Crippen molar-refractivity contribution in [2.45, 2.75) is 18.4 Å². The third-order valence-electron chi connectivity index (χ3n) is 5.26. The second kappa shape index (κ2) is 7.75. The van der Waals surface area contributed by atoms with Crippen LogP contribution in [-0.4, -0.2) is 56.3 Å². The first kappa shape index (κ1) is 20.4. The van der Waals surface area contributed by atoms with Crippen molar-refractivity contribution in [2.75, 3.05) is 13.1 Å². The average molecular weight is 424 g/mol. The van der Waals surface area contributed by atoms with Crippen molar-refractivity contribution in [1.82, 2.24) is 24.8 Å². The molecule has 0 radical (unpaired) electrons. The molecule has 0 spiro atoms. The molecule has 1 aliphatic heterocycles. The summed E-state index contributed by atoms with van der Waals surface area (Å²) in [6.07, 6.45) is 5.78. The van der Waals surface area contributed by atoms with E-state index in [9.17, 15) is 18.4 Å². The number of likely N-dealkylation sites (tertiary alicyclic amines) is 1. The van der Waals surface area contributed by atoms with Crippen LogP contribution in [0.3, 0.4) is 0 Å². The lowest BCUT2D eigenvalue weighted by molar-refractivity contribution is -0.131. The van der Waals surface area contributed by atoms with Gasteiger partial charge in [-0.15, -0.1) is 0 Å². The highest BCUT2D eigenvalue weighted by molar-refractivity contribution is 6.05. The summed E-state index contributed by atoms with van der Waals surface area (Å²) in [5.41, 5.74) is 2.32. The fourth-order valence-electron chi connectivity index (χ4n) is 3.75. The van der Waals surface area contributed by atoms with Gasteiger partial charge >= 0.3 is 0 Å². The SMILES string of the molecule is Cn1ccc2c(-c3cnccc3C(=O)NCC(=O)N3CC(F)(F)C[C@H]3C#N)ccnc21. The van der Waals surface area contributed by atoms with E-state index >= 15 is 0 Å². The Labute approximate surface area is 176 Å². The Morgan fingerprint density at radius 1 is 1.29 bits per heavy atom. The topological polar surface area (TPSA) is 104 Å². The van der Waals surface area contributed by atoms with Crippen LogP contribution in [0.5, 0.6) is 0 Å². The number of amides is 2. The molecule has 3 aromatic heterocycles. The van der Waals surface area contributed by atoms with Crippen LogP contribution in [0.25, 0.3) is 22.2 Å². The number of carbonyl (C=O) groups excluding carboxylic acids is 2. The van der Waals surface area contributed by atoms with Gasteiger partial charge in [0.05, 0.1) is 24.7 Å². The van der Waals surface area contributed by atoms with Crippen LogP contribution in [0.1, 0.15) is 16.8 Å². The standard InChI is InChI=1S/C21H18F2N6O2/c1-28-7-4-15-14(3-6-26-19(15)28)17-10-25-5-2-16(17)20(31)27-11-18(30)29-12-21(22,23)8-13(29)9-24/h2-7,10,13H,8,11-12H2,1H3,(H,27,31)/t13-/m0/s1. The number of carbonyl (C=O) groups is 2. The molecule has 1 N–H and O–H groups in total. The van der Waals surface area contributed by atoms with Crippen molar-refractivity contribution in [1.29, 1.82) is 5.26 Å². The summed E-state index contributed by atoms with van der Waals surface area (Å²) in [6, 6.07) is 5.68. The fraction of sp³-hybridized carbons (Fsp3) is 0.286. The van der Waals surface area contributed by atoms with E-state index in [1.54, 1.807) is 24.5 Å². The van der Waals surface area contributed by atoms with Crippen LogP contribution in [0.2, 0.25) is 0 Å². The van der Waals surface area contributed by atoms with Crippen molar-refractivity contribution in [2.24, 2.45) is 7.05 Å². The van der Waals surface area contributed by atoms with Crippen LogP contribution < -0.4 is 5.32 Å². The van der Waals surface area contributed by atoms with E-state index < -0.39 is 43.3 Å². The number of halogens is 2. The first-order chi connectivity index (χ1) is 14.8. The third-order valence-corrected chi connectivity index (χ3v) is 5.26. The molecule has 31 heavy (non-hydrogen) atoms. The van der Waals surface area contributed by atoms with Gasteiger partial charge in [-0.3, -0.25) is 14.6 Å². The number of nitrogens with zero attached hydrogens (tertiary/aromatic N) is 5. The number of hydrogen-bond acceptors (Lipinski definition) is 5. The zero-order valence-corrected chi connectivity index (χ0v) is 16.5. The van der Waals surface area contributed by atoms with Crippen LogP contribution >= 0.6 is 0 Å². The molecule has 2 amide bonds. The number of alkyl halides is 2. The molecule has 0 aromatic carbocycles. The second-order valence-corrected chi connectivity index (χ2v) is 7.35. The van der Waals surface area contributed by atoms with Gasteiger partial charge in [0.2, 0.25) is 5.91 Å². The molecule has 3 aromatic rings. The van der Waals surface area contributed by atoms with Crippen molar-refractivity contribution in [3.8, 4) is 17.2 Å². The van der Waals surface area contributed by atoms with Gasteiger partial charge in [-0.1, -0.05) is 0 Å². The zero-order chi connectivity index (χ0) is 22.2. The molecule has 4 heterocycles. The Balaban J connectivity index is 1.56. The highest BCUT2D eigenvalue weighted by Gasteiger charge is 2.47. The van der Waals surface area contributed by atoms with E-state index in [2.05, 4.69) is 15.3 Å². The van der Waals surface area contributed by atoms with Gasteiger partial charge in [-0.05, 0) is 23.8 Å². The predicted molar refractivity (Wildman–Crippen MR) is 107 cm³/mol. The Morgan fingerprint density at radius 2 is 2.10 bits per heavy atom. The Bertz CT molecular complexity index is 1220. The number of fused-ring (bicyclic) bond motifs is 1. The lowest BCUT2D eigenvalue weighted by Crippen LogP contribution is -2.43. The highest BCUT2D eigenvalue weighted by Crippen LogP contribution is 2.32. The first-order valence-corrected chi connectivity index (χ1v) is 9.50. The van der Waals surface area contributed by atoms with Crippen molar-refractivity contribution in [3.63, 3.8) is 0 Å². The number of rotatable bonds is 4. The molecule has 4 rings (SSSR count). The normalized spacial score (nSPS) is 17.5. The molecule has 0 unspecified atom stereocenters. The molecular formula is C21H18F2N6O2. The van der Waals surface area contributed by atoms with E-state index in [0.717, 1.165) is 21.5 Å². The van der Waals surface area contributed by atoms with Crippen molar-refractivity contribution in [3.05, 3.63) is 48.5 Å². The van der Waals surface area contributed by atoms with Crippen LogP contribution in [-0.2, 0) is 11.8 Å². The smallest absolute Gasteiger partial charge is 0.268 e. The molecule has 158 valence electrons. The molecule has 1 atom stereocenters. The van der Waals surface area contributed by atoms with Gasteiger partial charge in [-0.25, -0.2) is 13.8 Å². The predicted octanol–water partition coefficient (Wildman–Crippen LogP) is 2.12. The minimum absolute atomic E-state index is 0.280. The summed E-state index contributed by atoms with van der Waals surface area (Å²) in [5.74, 6) is -4.39. The molecule has 1 fully saturated rings. The lowest BCUT2D eigenvalue weighted by atomic mass is 10.00. The maximum absolute atomic E-state index is 13.6. The molecule has 0 bridgehead atoms. The summed E-state index contributed by atoms with van der Waals surface area (Å²) < 4.78 is 29.0. The largest absolute Gasteiger partial charge is 0.343 e. The van der Waals surface area contributed by atoms with Gasteiger partial charge in [0.1, 0.15) is 11.7 Å². The van der Waals surface area contributed by atoms with Crippen LogP contribution in [0.15, 0.2) is 43.0 Å². The van der Waals surface area contributed by atoms with E-state index in [1.807, 2.05) is 23.9 Å². The quantitative estimate of drug-likeness (QED) is 0.691. The van der Waals surface area contributed by atoms with E-state index in [4.69, 9.17) is 5.26 Å². The van der Waals surface area contributed by atoms with E-state index in [-0.39, 0.29) is 5.56 Å². The average Bonchev–Trinajstić information content (AvgIpc) is 3.30. The van der Waals surface area contributed by atoms with Gasteiger partial charge in [0, 0.05) is 49.2 Å². The van der Waals surface area contributed by atoms with Gasteiger partial charge in [-0.2, -0.15) is 5.26 Å². The van der Waals surface area contributed by atoms with Crippen LogP contribution in [0.4, 0.5) is 8.78 Å². The molecule has 1 saturated heterocycles. The monoisotopic (exact) mass is 424 g/mol. The summed E-state index contributed by atoms with van der Waals surface area (Å²) >= 11 is 0. The van der Waals surface area contributed by atoms with E-state index in [0.29, 0.717) is 5.56 Å². The maximum Gasteiger partial charge on any atom is 0.268 e. The molecular weight excluding hydrogens is 406 g/mol. The highest BCUT2D eigenvalue weighted by atomic mass is 19.3. The third kappa shape index (κ3) is 3.82. The number of nitriles is 1. The van der Waals surface area contributed by atoms with E-state index in [1.165, 1.54) is 12.3 Å². The summed E-state index contributed by atoms with van der Waals surface area (Å²) in [4.78, 5) is 34.5.